The van der Waals surface area contributed by atoms with Gasteiger partial charge in [-0.25, -0.2) is 14.5 Å². The van der Waals surface area contributed by atoms with Crippen LogP contribution in [0.2, 0.25) is 0 Å². The largest absolute Gasteiger partial charge is 0.472 e. The number of nitrogens with two attached hydrogens (primary N) is 2. The van der Waals surface area contributed by atoms with Crippen molar-refractivity contribution in [1.29, 1.82) is 0 Å². The van der Waals surface area contributed by atoms with E-state index in [0.29, 0.717) is 11.0 Å². The van der Waals surface area contributed by atoms with E-state index in [4.69, 9.17) is 50.8 Å². The lowest BCUT2D eigenvalue weighted by molar-refractivity contribution is -0.0634. The molecule has 3 saturated heterocycles. The number of fused-ring (bicyclic) bond motifs is 5. The van der Waals surface area contributed by atoms with Crippen LogP contribution in [0.3, 0.4) is 0 Å². The third kappa shape index (κ3) is 5.48. The highest BCUT2D eigenvalue weighted by Gasteiger charge is 2.53. The number of nitrogens with one attached hydrogen (secondary N) is 1. The Hall–Kier alpha value is -2.88. The molecule has 0 aliphatic carbocycles. The molecule has 4 aromatic heterocycles. The number of rotatable bonds is 2. The van der Waals surface area contributed by atoms with Gasteiger partial charge in [-0.15, -0.1) is 0 Å². The van der Waals surface area contributed by atoms with Crippen LogP contribution < -0.4 is 17.0 Å². The lowest BCUT2D eigenvalue weighted by atomic mass is 10.1. The first-order valence-corrected chi connectivity index (χ1v) is 17.3. The number of ether oxygens (including phenoxy) is 2. The topological polar surface area (TPSA) is 287 Å². The Morgan fingerprint density at radius 1 is 0.911 bits per heavy atom. The van der Waals surface area contributed by atoms with Gasteiger partial charge in [0.15, 0.2) is 18.1 Å². The Kier molecular flexibility index (Phi) is 7.61. The van der Waals surface area contributed by atoms with Gasteiger partial charge in [0, 0.05) is 12.4 Å². The molecule has 3 fully saturated rings. The van der Waals surface area contributed by atoms with Gasteiger partial charge in [-0.2, -0.15) is 4.98 Å². The maximum atomic E-state index is 13.1. The summed E-state index contributed by atoms with van der Waals surface area (Å²) in [7, 11) is -4.98. The first-order valence-electron chi connectivity index (χ1n) is 13.2. The van der Waals surface area contributed by atoms with Crippen LogP contribution in [0.25, 0.3) is 22.1 Å². The quantitative estimate of drug-likeness (QED) is 0.124. The molecule has 7 heterocycles. The Bertz CT molecular complexity index is 1940. The number of H-pyrrole nitrogens is 1. The number of aromatic nitrogens is 6. The molecule has 23 heteroatoms. The van der Waals surface area contributed by atoms with E-state index in [1.165, 1.54) is 33.9 Å². The molecule has 0 aromatic carbocycles. The molecule has 242 valence electrons. The number of hydrogen-bond donors (Lipinski definition) is 7. The van der Waals surface area contributed by atoms with Crippen LogP contribution in [0.15, 0.2) is 35.6 Å². The van der Waals surface area contributed by atoms with E-state index in [9.17, 15) is 29.4 Å². The second-order valence-corrected chi connectivity index (χ2v) is 14.6. The summed E-state index contributed by atoms with van der Waals surface area (Å²) in [5.74, 6) is -0.0223. The molecule has 20 nitrogen and oxygen atoms in total. The number of phosphoric ester groups is 1. The molecule has 45 heavy (non-hydrogen) atoms. The van der Waals surface area contributed by atoms with Gasteiger partial charge in [-0.1, -0.05) is 0 Å². The summed E-state index contributed by atoms with van der Waals surface area (Å²) in [6, 6.07) is 3.02. The molecule has 3 aliphatic heterocycles. The van der Waals surface area contributed by atoms with Crippen molar-refractivity contribution in [2.75, 3.05) is 24.7 Å². The second kappa shape index (κ2) is 11.1. The lowest BCUT2D eigenvalue weighted by Gasteiger charge is -2.27. The standard InChI is InChI=1S/C22H26N8O12P2S/c23-16-8-1-3-29(17(8)26-7-25-16)20-13(32)14-11(40-20)6-38-44(36,45)42-15-12(31)10(5-37-43(34,35)41-14)39-21(15)30-4-2-9-18(30)27-22(24)28-19(9)33/h1-4,7,10-15,20-21,31-32H,5-6H2,(H,34,35)(H,36,45)(H2,23,25,26)(H3,24,27,28,33)/t10-,11-,12+,13?,14+,15?,20-,21-,44?/m1/s1. The molecule has 0 spiro atoms. The molecule has 7 rings (SSSR count). The van der Waals surface area contributed by atoms with Crippen LogP contribution in [0.4, 0.5) is 11.8 Å². The molecular weight excluding hydrogens is 662 g/mol. The van der Waals surface area contributed by atoms with Crippen molar-refractivity contribution in [3.63, 3.8) is 0 Å². The molecule has 4 aromatic rings. The molecule has 9 N–H and O–H groups in total. The SMILES string of the molecule is Nc1nc2c(ccn2[C@@H]2O[C@@H]3COP(=O)(O)O[C@@H]4C(O)[C@H](n5ccc6c(N)ncnc65)O[C@@H]4COP(O)(=S)OC2[C@H]3O)c(=O)[nH]1. The Morgan fingerprint density at radius 3 is 2.38 bits per heavy atom. The van der Waals surface area contributed by atoms with Crippen LogP contribution >= 0.6 is 14.5 Å². The van der Waals surface area contributed by atoms with Crippen LogP contribution in [0, 0.1) is 0 Å². The zero-order chi connectivity index (χ0) is 31.8. The Balaban J connectivity index is 1.21. The van der Waals surface area contributed by atoms with Gasteiger partial charge < -0.3 is 54.6 Å². The van der Waals surface area contributed by atoms with E-state index in [0.717, 1.165) is 0 Å². The third-order valence-electron chi connectivity index (χ3n) is 7.62. The van der Waals surface area contributed by atoms with E-state index in [2.05, 4.69) is 19.9 Å². The van der Waals surface area contributed by atoms with E-state index in [1.807, 2.05) is 0 Å². The molecule has 0 saturated carbocycles. The summed E-state index contributed by atoms with van der Waals surface area (Å²) in [6.45, 7) is -5.56. The van der Waals surface area contributed by atoms with E-state index in [1.54, 1.807) is 6.07 Å². The average Bonchev–Trinajstić information content (AvgIpc) is 3.72. The number of hydrogen-bond acceptors (Lipinski definition) is 16. The monoisotopic (exact) mass is 688 g/mol. The van der Waals surface area contributed by atoms with Gasteiger partial charge >= 0.3 is 14.5 Å². The number of aliphatic hydroxyl groups excluding tert-OH is 2. The van der Waals surface area contributed by atoms with Crippen molar-refractivity contribution in [2.45, 2.75) is 49.1 Å². The first-order chi connectivity index (χ1) is 21.3. The normalized spacial score (nSPS) is 37.7. The second-order valence-electron chi connectivity index (χ2n) is 10.4. The number of aromatic amines is 1. The van der Waals surface area contributed by atoms with E-state index < -0.39 is 82.4 Å². The van der Waals surface area contributed by atoms with Crippen LogP contribution in [-0.4, -0.2) is 98.9 Å². The summed E-state index contributed by atoms with van der Waals surface area (Å²) in [6.07, 6.45) is -7.21. The minimum Gasteiger partial charge on any atom is -0.387 e. The van der Waals surface area contributed by atoms with Crippen molar-refractivity contribution >= 4 is 60.2 Å². The zero-order valence-corrected chi connectivity index (χ0v) is 25.3. The minimum absolute atomic E-state index is 0.0554. The first kappa shape index (κ1) is 30.8. The summed E-state index contributed by atoms with van der Waals surface area (Å²) in [5, 5.41) is 22.9. The van der Waals surface area contributed by atoms with E-state index >= 15 is 0 Å². The molecule has 0 amide bonds. The smallest absolute Gasteiger partial charge is 0.387 e. The highest BCUT2D eigenvalue weighted by Crippen LogP contribution is 2.54. The van der Waals surface area contributed by atoms with Crippen molar-refractivity contribution in [2.24, 2.45) is 0 Å². The van der Waals surface area contributed by atoms with Crippen LogP contribution in [0.1, 0.15) is 12.5 Å². The summed E-state index contributed by atoms with van der Waals surface area (Å²) in [4.78, 5) is 48.7. The predicted molar refractivity (Wildman–Crippen MR) is 155 cm³/mol. The highest BCUT2D eigenvalue weighted by molar-refractivity contribution is 8.07. The van der Waals surface area contributed by atoms with Gasteiger partial charge in [-0.05, 0) is 23.9 Å². The van der Waals surface area contributed by atoms with Gasteiger partial charge in [0.2, 0.25) is 5.95 Å². The third-order valence-corrected chi connectivity index (χ3v) is 10.2. The fourth-order valence-corrected chi connectivity index (χ4v) is 7.95. The Labute approximate surface area is 256 Å². The van der Waals surface area contributed by atoms with Crippen molar-refractivity contribution < 1.29 is 52.1 Å². The molecule has 10 atom stereocenters. The van der Waals surface area contributed by atoms with Gasteiger partial charge in [0.25, 0.3) is 5.56 Å². The van der Waals surface area contributed by atoms with Crippen LogP contribution in [-0.2, 0) is 43.9 Å². The number of phosphoric acid groups is 1. The highest BCUT2D eigenvalue weighted by atomic mass is 32.5. The molecule has 0 radical (unpaired) electrons. The fourth-order valence-electron chi connectivity index (χ4n) is 5.57. The summed E-state index contributed by atoms with van der Waals surface area (Å²) < 4.78 is 49.6. The Morgan fingerprint density at radius 2 is 1.60 bits per heavy atom. The minimum atomic E-state index is -4.98. The summed E-state index contributed by atoms with van der Waals surface area (Å²) >= 11 is 5.24. The number of anilines is 2. The van der Waals surface area contributed by atoms with E-state index in [-0.39, 0.29) is 22.8 Å². The molecule has 3 aliphatic rings. The average molecular weight is 689 g/mol. The van der Waals surface area contributed by atoms with Crippen molar-refractivity contribution in [1.82, 2.24) is 29.1 Å². The lowest BCUT2D eigenvalue weighted by Crippen LogP contribution is -2.36. The predicted octanol–water partition coefficient (Wildman–Crippen LogP) is -1.02. The maximum Gasteiger partial charge on any atom is 0.472 e. The number of nitrogens with zero attached hydrogens (tertiary/aromatic N) is 5. The van der Waals surface area contributed by atoms with Crippen molar-refractivity contribution in [3.8, 4) is 0 Å². The molecule has 2 bridgehead atoms. The zero-order valence-electron chi connectivity index (χ0n) is 22.7. The number of nitrogen functional groups attached to an aromatic ring is 2. The maximum absolute atomic E-state index is 13.1. The molecular formula is C22H26N8O12P2S. The number of aliphatic hydroxyl groups is 2. The van der Waals surface area contributed by atoms with Gasteiger partial charge in [0.1, 0.15) is 54.4 Å². The fraction of sp³-hybridized carbons (Fsp3) is 0.455. The van der Waals surface area contributed by atoms with Gasteiger partial charge in [0.05, 0.1) is 24.0 Å². The summed E-state index contributed by atoms with van der Waals surface area (Å²) in [5.41, 5.74) is 11.4. The molecule has 4 unspecified atom stereocenters. The van der Waals surface area contributed by atoms with Crippen molar-refractivity contribution in [3.05, 3.63) is 41.2 Å². The van der Waals surface area contributed by atoms with Gasteiger partial charge in [-0.3, -0.25) is 23.3 Å². The van der Waals surface area contributed by atoms with Crippen LogP contribution in [0.5, 0.6) is 0 Å².